The second-order valence-electron chi connectivity index (χ2n) is 5.85. The summed E-state index contributed by atoms with van der Waals surface area (Å²) in [6, 6.07) is 20.1. The molecule has 0 aromatic heterocycles. The second-order valence-corrected chi connectivity index (χ2v) is 6.89. The summed E-state index contributed by atoms with van der Waals surface area (Å²) in [6.45, 7) is 0. The van der Waals surface area contributed by atoms with E-state index in [1.165, 1.54) is 17.8 Å². The SMILES string of the molecule is O=C1NC(=Nc2ccccc2C(=O)[O-])S/C1=C\c1cccc2ccccc12. The highest BCUT2D eigenvalue weighted by Crippen LogP contribution is 2.30. The lowest BCUT2D eigenvalue weighted by Gasteiger charge is -2.06. The highest BCUT2D eigenvalue weighted by molar-refractivity contribution is 8.18. The first-order valence-electron chi connectivity index (χ1n) is 8.19. The lowest BCUT2D eigenvalue weighted by Crippen LogP contribution is -2.23. The van der Waals surface area contributed by atoms with Crippen LogP contribution in [0.1, 0.15) is 15.9 Å². The number of amides is 1. The van der Waals surface area contributed by atoms with E-state index >= 15 is 0 Å². The number of carboxylic acids is 1. The van der Waals surface area contributed by atoms with E-state index in [0.717, 1.165) is 16.3 Å². The number of aliphatic imine (C=N–C) groups is 1. The molecule has 6 heteroatoms. The van der Waals surface area contributed by atoms with Crippen LogP contribution >= 0.6 is 11.8 Å². The van der Waals surface area contributed by atoms with Gasteiger partial charge in [0, 0.05) is 5.56 Å². The molecule has 0 unspecified atom stereocenters. The topological polar surface area (TPSA) is 81.6 Å². The molecule has 0 atom stereocenters. The molecule has 1 fully saturated rings. The number of carbonyl (C=O) groups excluding carboxylic acids is 2. The molecule has 1 N–H and O–H groups in total. The number of rotatable bonds is 3. The lowest BCUT2D eigenvalue weighted by molar-refractivity contribution is -0.254. The highest BCUT2D eigenvalue weighted by Gasteiger charge is 2.24. The van der Waals surface area contributed by atoms with Crippen molar-refractivity contribution < 1.29 is 14.7 Å². The van der Waals surface area contributed by atoms with E-state index in [2.05, 4.69) is 10.3 Å². The zero-order chi connectivity index (χ0) is 18.8. The number of benzene rings is 3. The van der Waals surface area contributed by atoms with Gasteiger partial charge in [0.25, 0.3) is 5.91 Å². The summed E-state index contributed by atoms with van der Waals surface area (Å²) in [4.78, 5) is 28.3. The molecular weight excluding hydrogens is 360 g/mol. The van der Waals surface area contributed by atoms with Crippen LogP contribution in [0.25, 0.3) is 16.8 Å². The predicted octanol–water partition coefficient (Wildman–Crippen LogP) is 3.09. The standard InChI is InChI=1S/C21H14N2O3S/c24-19-18(12-14-8-5-7-13-6-1-2-9-15(13)14)27-21(23-19)22-17-11-4-3-10-16(17)20(25)26/h1-12H,(H,25,26)(H,22,23,24)/p-1/b18-12-. The van der Waals surface area contributed by atoms with Gasteiger partial charge in [0.05, 0.1) is 16.6 Å². The largest absolute Gasteiger partial charge is 0.545 e. The summed E-state index contributed by atoms with van der Waals surface area (Å²) in [6.07, 6.45) is 1.81. The zero-order valence-corrected chi connectivity index (χ0v) is 14.8. The fraction of sp³-hybridized carbons (Fsp3) is 0. The van der Waals surface area contributed by atoms with Crippen LogP contribution in [-0.2, 0) is 4.79 Å². The van der Waals surface area contributed by atoms with Gasteiger partial charge in [-0.05, 0) is 40.2 Å². The molecule has 0 saturated carbocycles. The molecule has 1 saturated heterocycles. The van der Waals surface area contributed by atoms with Gasteiger partial charge in [-0.3, -0.25) is 4.79 Å². The van der Waals surface area contributed by atoms with Crippen molar-refractivity contribution in [3.05, 3.63) is 82.8 Å². The normalized spacial score (nSPS) is 16.8. The minimum Gasteiger partial charge on any atom is -0.545 e. The third-order valence-electron chi connectivity index (χ3n) is 4.11. The maximum absolute atomic E-state index is 12.3. The molecule has 3 aromatic rings. The number of hydrogen-bond acceptors (Lipinski definition) is 5. The first kappa shape index (κ1) is 17.1. The van der Waals surface area contributed by atoms with Crippen LogP contribution in [0.4, 0.5) is 5.69 Å². The highest BCUT2D eigenvalue weighted by atomic mass is 32.2. The van der Waals surface area contributed by atoms with Crippen LogP contribution in [0.5, 0.6) is 0 Å². The van der Waals surface area contributed by atoms with E-state index in [1.54, 1.807) is 18.2 Å². The molecule has 27 heavy (non-hydrogen) atoms. The number of hydrogen-bond donors (Lipinski definition) is 1. The molecule has 0 aliphatic carbocycles. The first-order valence-corrected chi connectivity index (χ1v) is 9.01. The monoisotopic (exact) mass is 373 g/mol. The number of carbonyl (C=O) groups is 2. The summed E-state index contributed by atoms with van der Waals surface area (Å²) in [5.41, 5.74) is 1.15. The van der Waals surface area contributed by atoms with E-state index in [1.807, 2.05) is 48.5 Å². The quantitative estimate of drug-likeness (QED) is 0.716. The number of nitrogens with one attached hydrogen (secondary N) is 1. The molecule has 132 valence electrons. The third kappa shape index (κ3) is 3.47. The van der Waals surface area contributed by atoms with Crippen molar-refractivity contribution in [1.29, 1.82) is 0 Å². The number of carboxylic acid groups (broad SMARTS) is 1. The fourth-order valence-corrected chi connectivity index (χ4v) is 3.68. The Bertz CT molecular complexity index is 1130. The summed E-state index contributed by atoms with van der Waals surface area (Å²) in [7, 11) is 0. The van der Waals surface area contributed by atoms with Crippen molar-refractivity contribution in [3.63, 3.8) is 0 Å². The summed E-state index contributed by atoms with van der Waals surface area (Å²) in [5, 5.41) is 16.4. The van der Waals surface area contributed by atoms with Gasteiger partial charge in [-0.2, -0.15) is 0 Å². The van der Waals surface area contributed by atoms with Gasteiger partial charge in [-0.15, -0.1) is 0 Å². The number of nitrogens with zero attached hydrogens (tertiary/aromatic N) is 1. The Labute approximate surface area is 159 Å². The van der Waals surface area contributed by atoms with Crippen molar-refractivity contribution in [3.8, 4) is 0 Å². The van der Waals surface area contributed by atoms with E-state index in [9.17, 15) is 14.7 Å². The van der Waals surface area contributed by atoms with Crippen molar-refractivity contribution in [2.24, 2.45) is 4.99 Å². The predicted molar refractivity (Wildman–Crippen MR) is 106 cm³/mol. The molecule has 5 nitrogen and oxygen atoms in total. The minimum absolute atomic E-state index is 0.0219. The molecule has 1 aliphatic heterocycles. The lowest BCUT2D eigenvalue weighted by atomic mass is 10.0. The number of fused-ring (bicyclic) bond motifs is 1. The van der Waals surface area contributed by atoms with E-state index < -0.39 is 5.97 Å². The summed E-state index contributed by atoms with van der Waals surface area (Å²) >= 11 is 1.17. The Morgan fingerprint density at radius 2 is 1.74 bits per heavy atom. The molecule has 4 rings (SSSR count). The second kappa shape index (κ2) is 7.09. The summed E-state index contributed by atoms with van der Waals surface area (Å²) < 4.78 is 0. The van der Waals surface area contributed by atoms with Gasteiger partial charge < -0.3 is 15.2 Å². The summed E-state index contributed by atoms with van der Waals surface area (Å²) in [5.74, 6) is -1.58. The van der Waals surface area contributed by atoms with Crippen LogP contribution in [0.2, 0.25) is 0 Å². The number of aromatic carboxylic acids is 1. The van der Waals surface area contributed by atoms with Crippen molar-refractivity contribution >= 4 is 51.3 Å². The average molecular weight is 373 g/mol. The van der Waals surface area contributed by atoms with E-state index in [-0.39, 0.29) is 17.2 Å². The van der Waals surface area contributed by atoms with Crippen LogP contribution in [0.3, 0.4) is 0 Å². The fourth-order valence-electron chi connectivity index (χ4n) is 2.85. The number of amidine groups is 1. The van der Waals surface area contributed by atoms with Crippen molar-refractivity contribution in [2.75, 3.05) is 0 Å². The molecule has 1 heterocycles. The van der Waals surface area contributed by atoms with Gasteiger partial charge in [-0.25, -0.2) is 4.99 Å². The molecule has 0 spiro atoms. The smallest absolute Gasteiger partial charge is 0.264 e. The Morgan fingerprint density at radius 1 is 1.00 bits per heavy atom. The zero-order valence-electron chi connectivity index (χ0n) is 14.0. The Morgan fingerprint density at radius 3 is 2.59 bits per heavy atom. The van der Waals surface area contributed by atoms with Gasteiger partial charge in [0.15, 0.2) is 5.17 Å². The Balaban J connectivity index is 1.69. The van der Waals surface area contributed by atoms with Crippen molar-refractivity contribution in [1.82, 2.24) is 5.32 Å². The molecular formula is C21H13N2O3S-. The molecule has 0 radical (unpaired) electrons. The van der Waals surface area contributed by atoms with Crippen LogP contribution in [0.15, 0.2) is 76.6 Å². The average Bonchev–Trinajstić information content (AvgIpc) is 3.01. The van der Waals surface area contributed by atoms with E-state index in [0.29, 0.717) is 10.1 Å². The maximum atomic E-state index is 12.3. The van der Waals surface area contributed by atoms with Crippen LogP contribution in [-0.4, -0.2) is 17.0 Å². The van der Waals surface area contributed by atoms with Crippen LogP contribution < -0.4 is 10.4 Å². The van der Waals surface area contributed by atoms with Crippen molar-refractivity contribution in [2.45, 2.75) is 0 Å². The van der Waals surface area contributed by atoms with E-state index in [4.69, 9.17) is 0 Å². The first-order chi connectivity index (χ1) is 13.1. The Hall–Kier alpha value is -3.38. The van der Waals surface area contributed by atoms with Gasteiger partial charge >= 0.3 is 0 Å². The molecule has 0 bridgehead atoms. The van der Waals surface area contributed by atoms with Gasteiger partial charge in [0.2, 0.25) is 0 Å². The van der Waals surface area contributed by atoms with Gasteiger partial charge in [0.1, 0.15) is 0 Å². The van der Waals surface area contributed by atoms with Crippen LogP contribution in [0, 0.1) is 0 Å². The molecule has 1 aliphatic rings. The molecule has 3 aromatic carbocycles. The van der Waals surface area contributed by atoms with Gasteiger partial charge in [-0.1, -0.05) is 60.7 Å². The Kier molecular flexibility index (Phi) is 4.48. The molecule has 1 amide bonds. The third-order valence-corrected chi connectivity index (χ3v) is 5.02. The minimum atomic E-state index is -1.31. The maximum Gasteiger partial charge on any atom is 0.264 e. The number of thioether (sulfide) groups is 1. The number of para-hydroxylation sites is 1.